The minimum Gasteiger partial charge on any atom is -0.457 e. The molecule has 4 N–H and O–H groups in total. The predicted molar refractivity (Wildman–Crippen MR) is 154 cm³/mol. The number of likely N-dealkylation sites (tertiary alicyclic amines) is 1. The summed E-state index contributed by atoms with van der Waals surface area (Å²) in [5.41, 5.74) is 7.64. The Bertz CT molecular complexity index is 1300. The smallest absolute Gasteiger partial charge is 0.406 e. The zero-order valence-electron chi connectivity index (χ0n) is 23.3. The first-order valence-corrected chi connectivity index (χ1v) is 13.8. The molecule has 1 aliphatic heterocycles. The van der Waals surface area contributed by atoms with E-state index in [9.17, 15) is 14.7 Å². The quantitative estimate of drug-likeness (QED) is 0.305. The molecule has 0 aromatic heterocycles. The van der Waals surface area contributed by atoms with E-state index in [2.05, 4.69) is 5.32 Å². The Balaban J connectivity index is 1.63. The number of piperidine rings is 1. The van der Waals surface area contributed by atoms with Crippen LogP contribution in [0.4, 0.5) is 4.79 Å². The van der Waals surface area contributed by atoms with Gasteiger partial charge >= 0.3 is 6.09 Å². The lowest BCUT2D eigenvalue weighted by Crippen LogP contribution is -2.48. The average molecular weight is 546 g/mol. The molecule has 3 aromatic carbocycles. The number of amides is 2. The molecule has 0 bridgehead atoms. The van der Waals surface area contributed by atoms with Gasteiger partial charge in [-0.2, -0.15) is 0 Å². The highest BCUT2D eigenvalue weighted by molar-refractivity contribution is 5.94. The van der Waals surface area contributed by atoms with E-state index in [-0.39, 0.29) is 11.8 Å². The van der Waals surface area contributed by atoms with Gasteiger partial charge in [0.15, 0.2) is 0 Å². The Morgan fingerprint density at radius 1 is 1.05 bits per heavy atom. The number of rotatable bonds is 10. The molecule has 8 nitrogen and oxygen atoms in total. The molecule has 0 aliphatic carbocycles. The second-order valence-electron chi connectivity index (χ2n) is 10.3. The van der Waals surface area contributed by atoms with Gasteiger partial charge in [-0.25, -0.2) is 4.79 Å². The summed E-state index contributed by atoms with van der Waals surface area (Å²) in [5, 5.41) is 15.2. The SMILES string of the molecule is COC(=O)NCCCC(O)(c1ccccc1Oc1ccccc1C)C1CCCN(C(=O)c2ccc(CN)cc2)C1. The number of aliphatic hydroxyl groups is 1. The van der Waals surface area contributed by atoms with Crippen molar-refractivity contribution in [1.82, 2.24) is 10.2 Å². The Morgan fingerprint density at radius 2 is 1.75 bits per heavy atom. The van der Waals surface area contributed by atoms with Crippen molar-refractivity contribution in [1.29, 1.82) is 0 Å². The maximum Gasteiger partial charge on any atom is 0.406 e. The number of hydrogen-bond acceptors (Lipinski definition) is 6. The van der Waals surface area contributed by atoms with Crippen molar-refractivity contribution in [2.24, 2.45) is 11.7 Å². The molecule has 2 unspecified atom stereocenters. The molecule has 2 atom stereocenters. The second kappa shape index (κ2) is 13.5. The molecule has 212 valence electrons. The number of ether oxygens (including phenoxy) is 2. The van der Waals surface area contributed by atoms with Crippen molar-refractivity contribution >= 4 is 12.0 Å². The highest BCUT2D eigenvalue weighted by Gasteiger charge is 2.43. The lowest BCUT2D eigenvalue weighted by molar-refractivity contribution is -0.0578. The summed E-state index contributed by atoms with van der Waals surface area (Å²) in [5.74, 6) is 0.979. The number of nitrogens with two attached hydrogens (primary N) is 1. The van der Waals surface area contributed by atoms with Crippen LogP contribution in [0.25, 0.3) is 0 Å². The first kappa shape index (κ1) is 29.1. The Morgan fingerprint density at radius 3 is 2.45 bits per heavy atom. The number of carbonyl (C=O) groups excluding carboxylic acids is 2. The number of methoxy groups -OCH3 is 1. The van der Waals surface area contributed by atoms with Gasteiger partial charge in [-0.1, -0.05) is 48.5 Å². The van der Waals surface area contributed by atoms with Crippen LogP contribution in [0.15, 0.2) is 72.8 Å². The molecule has 0 spiro atoms. The van der Waals surface area contributed by atoms with Gasteiger partial charge in [0, 0.05) is 43.2 Å². The van der Waals surface area contributed by atoms with Gasteiger partial charge in [-0.3, -0.25) is 4.79 Å². The number of nitrogens with one attached hydrogen (secondary N) is 1. The molecular weight excluding hydrogens is 506 g/mol. The minimum absolute atomic E-state index is 0.0626. The van der Waals surface area contributed by atoms with E-state index >= 15 is 0 Å². The third-order valence-corrected chi connectivity index (χ3v) is 7.68. The van der Waals surface area contributed by atoms with Crippen LogP contribution in [0, 0.1) is 12.8 Å². The third kappa shape index (κ3) is 6.81. The molecule has 3 aromatic rings. The highest BCUT2D eigenvalue weighted by Crippen LogP contribution is 2.44. The van der Waals surface area contributed by atoms with Crippen LogP contribution in [0.2, 0.25) is 0 Å². The summed E-state index contributed by atoms with van der Waals surface area (Å²) in [6, 6.07) is 22.7. The number of hydrogen-bond donors (Lipinski definition) is 3. The zero-order chi connectivity index (χ0) is 28.5. The summed E-state index contributed by atoms with van der Waals surface area (Å²) in [7, 11) is 1.32. The van der Waals surface area contributed by atoms with E-state index in [1.54, 1.807) is 0 Å². The van der Waals surface area contributed by atoms with Crippen LogP contribution in [0.1, 0.15) is 52.7 Å². The van der Waals surface area contributed by atoms with E-state index in [0.717, 1.165) is 24.0 Å². The Kier molecular flexibility index (Phi) is 9.79. The number of nitrogens with zero attached hydrogens (tertiary/aromatic N) is 1. The third-order valence-electron chi connectivity index (χ3n) is 7.68. The number of carbonyl (C=O) groups is 2. The van der Waals surface area contributed by atoms with Gasteiger partial charge in [0.1, 0.15) is 11.5 Å². The Hall–Kier alpha value is -3.88. The summed E-state index contributed by atoms with van der Waals surface area (Å²) < 4.78 is 11.1. The fourth-order valence-corrected chi connectivity index (χ4v) is 5.40. The van der Waals surface area contributed by atoms with Gasteiger partial charge in [0.2, 0.25) is 0 Å². The van der Waals surface area contributed by atoms with E-state index in [1.807, 2.05) is 84.6 Å². The van der Waals surface area contributed by atoms with Crippen LogP contribution in [-0.2, 0) is 16.9 Å². The topological polar surface area (TPSA) is 114 Å². The van der Waals surface area contributed by atoms with E-state index in [1.165, 1.54) is 7.11 Å². The number of aryl methyl sites for hydroxylation is 1. The molecule has 1 saturated heterocycles. The number of alkyl carbamates (subject to hydrolysis) is 1. The van der Waals surface area contributed by atoms with Crippen LogP contribution in [0.5, 0.6) is 11.5 Å². The molecule has 0 radical (unpaired) electrons. The molecule has 1 aliphatic rings. The fraction of sp³-hybridized carbons (Fsp3) is 0.375. The zero-order valence-corrected chi connectivity index (χ0v) is 23.3. The summed E-state index contributed by atoms with van der Waals surface area (Å²) in [6.07, 6.45) is 1.87. The van der Waals surface area contributed by atoms with Crippen molar-refractivity contribution < 1.29 is 24.2 Å². The normalized spacial score (nSPS) is 16.6. The monoisotopic (exact) mass is 545 g/mol. The predicted octanol–water partition coefficient (Wildman–Crippen LogP) is 5.12. The van der Waals surface area contributed by atoms with Crippen LogP contribution >= 0.6 is 0 Å². The van der Waals surface area contributed by atoms with Crippen LogP contribution in [0.3, 0.4) is 0 Å². The lowest BCUT2D eigenvalue weighted by Gasteiger charge is -2.43. The van der Waals surface area contributed by atoms with E-state index in [4.69, 9.17) is 15.2 Å². The maximum atomic E-state index is 13.4. The first-order chi connectivity index (χ1) is 19.4. The molecule has 8 heteroatoms. The van der Waals surface area contributed by atoms with Crippen LogP contribution in [-0.4, -0.2) is 48.8 Å². The van der Waals surface area contributed by atoms with Crippen molar-refractivity contribution in [3.8, 4) is 11.5 Å². The summed E-state index contributed by atoms with van der Waals surface area (Å²) in [4.78, 5) is 26.9. The lowest BCUT2D eigenvalue weighted by atomic mass is 9.74. The van der Waals surface area contributed by atoms with Gasteiger partial charge in [-0.15, -0.1) is 0 Å². The van der Waals surface area contributed by atoms with Crippen molar-refractivity contribution in [3.05, 3.63) is 95.1 Å². The number of benzene rings is 3. The van der Waals surface area contributed by atoms with Crippen LogP contribution < -0.4 is 15.8 Å². The minimum atomic E-state index is -1.31. The van der Waals surface area contributed by atoms with Gasteiger partial charge in [0.25, 0.3) is 5.91 Å². The van der Waals surface area contributed by atoms with E-state index in [0.29, 0.717) is 61.6 Å². The average Bonchev–Trinajstić information content (AvgIpc) is 3.00. The molecule has 1 heterocycles. The summed E-state index contributed by atoms with van der Waals surface area (Å²) >= 11 is 0. The standard InChI is InChI=1S/C32H39N3O5/c1-23-9-3-5-12-28(23)40-29-13-6-4-11-27(29)32(38,18-8-19-34-31(37)39-2)26-10-7-20-35(22-26)30(36)25-16-14-24(21-33)15-17-25/h3-6,9,11-17,26,38H,7-8,10,18-22,33H2,1-2H3,(H,34,37). The molecule has 1 fully saturated rings. The summed E-state index contributed by atoms with van der Waals surface area (Å²) in [6.45, 7) is 3.76. The first-order valence-electron chi connectivity index (χ1n) is 13.8. The van der Waals surface area contributed by atoms with Crippen molar-refractivity contribution in [2.75, 3.05) is 26.7 Å². The molecular formula is C32H39N3O5. The van der Waals surface area contributed by atoms with E-state index < -0.39 is 11.7 Å². The second-order valence-corrected chi connectivity index (χ2v) is 10.3. The van der Waals surface area contributed by atoms with Gasteiger partial charge in [-0.05, 0) is 68.0 Å². The van der Waals surface area contributed by atoms with Gasteiger partial charge < -0.3 is 30.5 Å². The van der Waals surface area contributed by atoms with Gasteiger partial charge in [0.05, 0.1) is 12.7 Å². The molecule has 4 rings (SSSR count). The molecule has 40 heavy (non-hydrogen) atoms. The van der Waals surface area contributed by atoms with Crippen molar-refractivity contribution in [3.63, 3.8) is 0 Å². The highest BCUT2D eigenvalue weighted by atomic mass is 16.5. The maximum absolute atomic E-state index is 13.4. The molecule has 0 saturated carbocycles. The fourth-order valence-electron chi connectivity index (χ4n) is 5.40. The van der Waals surface area contributed by atoms with Crippen molar-refractivity contribution in [2.45, 2.75) is 44.8 Å². The number of para-hydroxylation sites is 2. The molecule has 2 amide bonds. The Labute approximate surface area is 236 Å². The largest absolute Gasteiger partial charge is 0.457 e.